The Morgan fingerprint density at radius 3 is 2.61 bits per heavy atom. The van der Waals surface area contributed by atoms with Crippen LogP contribution in [0.3, 0.4) is 0 Å². The first-order valence-electron chi connectivity index (χ1n) is 8.44. The summed E-state index contributed by atoms with van der Waals surface area (Å²) >= 11 is 6.26. The van der Waals surface area contributed by atoms with Crippen LogP contribution in [0.5, 0.6) is 0 Å². The van der Waals surface area contributed by atoms with Crippen LogP contribution >= 0.6 is 24.0 Å². The maximum atomic E-state index is 10.3. The Morgan fingerprint density at radius 2 is 1.87 bits per heavy atom. The largest absolute Gasteiger partial charge is 0.508 e. The van der Waals surface area contributed by atoms with Crippen molar-refractivity contribution in [1.82, 2.24) is 0 Å². The smallest absolute Gasteiger partial charge is 0.117 e. The van der Waals surface area contributed by atoms with Gasteiger partial charge in [0.15, 0.2) is 0 Å². The zero-order valence-corrected chi connectivity index (χ0v) is 15.2. The summed E-state index contributed by atoms with van der Waals surface area (Å²) in [5.74, 6) is 1.05. The zero-order valence-electron chi connectivity index (χ0n) is 13.5. The summed E-state index contributed by atoms with van der Waals surface area (Å²) in [4.78, 5) is 2.65. The monoisotopic (exact) mass is 344 g/mol. The van der Waals surface area contributed by atoms with Crippen molar-refractivity contribution in [3.05, 3.63) is 52.4 Å². The second-order valence-corrected chi connectivity index (χ2v) is 7.75. The zero-order chi connectivity index (χ0) is 16.2. The van der Waals surface area contributed by atoms with Gasteiger partial charge >= 0.3 is 0 Å². The molecular weight excluding hydrogens is 320 g/mol. The highest BCUT2D eigenvalue weighted by Gasteiger charge is 2.22. The Labute approximate surface area is 148 Å². The van der Waals surface area contributed by atoms with Gasteiger partial charge in [-0.05, 0) is 54.5 Å². The molecular formula is C20H24OS2. The molecule has 3 rings (SSSR count). The first-order valence-corrected chi connectivity index (χ1v) is 9.89. The van der Waals surface area contributed by atoms with Gasteiger partial charge in [-0.2, -0.15) is 12.6 Å². The molecule has 23 heavy (non-hydrogen) atoms. The lowest BCUT2D eigenvalue weighted by atomic mass is 9.93. The van der Waals surface area contributed by atoms with E-state index in [-0.39, 0.29) is 5.76 Å². The summed E-state index contributed by atoms with van der Waals surface area (Å²) < 4.78 is 0. The third-order valence-corrected chi connectivity index (χ3v) is 6.15. The molecule has 0 amide bonds. The van der Waals surface area contributed by atoms with Crippen LogP contribution in [-0.4, -0.2) is 10.9 Å². The molecule has 2 aromatic rings. The van der Waals surface area contributed by atoms with E-state index in [1.165, 1.54) is 52.1 Å². The van der Waals surface area contributed by atoms with E-state index in [9.17, 15) is 5.11 Å². The van der Waals surface area contributed by atoms with Crippen LogP contribution < -0.4 is 0 Å². The molecule has 1 aromatic heterocycles. The average Bonchev–Trinajstić information content (AvgIpc) is 2.86. The lowest BCUT2D eigenvalue weighted by molar-refractivity contribution is 0.512. The topological polar surface area (TPSA) is 20.2 Å². The lowest BCUT2D eigenvalue weighted by Crippen LogP contribution is -1.99. The molecule has 0 fully saturated rings. The first-order chi connectivity index (χ1) is 11.2. The molecule has 0 radical (unpaired) electrons. The molecule has 0 aliphatic heterocycles. The minimum absolute atomic E-state index is 0.221. The maximum Gasteiger partial charge on any atom is 0.117 e. The fraction of sp³-hybridized carbons (Fsp3) is 0.400. The summed E-state index contributed by atoms with van der Waals surface area (Å²) in [6.07, 6.45) is 8.21. The Kier molecular flexibility index (Phi) is 5.50. The van der Waals surface area contributed by atoms with Crippen molar-refractivity contribution in [1.29, 1.82) is 0 Å². The lowest BCUT2D eigenvalue weighted by Gasteiger charge is -2.12. The number of benzene rings is 1. The summed E-state index contributed by atoms with van der Waals surface area (Å²) in [7, 11) is 0. The van der Waals surface area contributed by atoms with Gasteiger partial charge in [0.05, 0.1) is 0 Å². The van der Waals surface area contributed by atoms with Crippen molar-refractivity contribution in [3.8, 4) is 10.4 Å². The molecule has 1 aliphatic carbocycles. The second-order valence-electron chi connectivity index (χ2n) is 6.20. The number of aliphatic hydroxyl groups excluding tert-OH is 1. The van der Waals surface area contributed by atoms with Crippen LogP contribution in [0.2, 0.25) is 0 Å². The van der Waals surface area contributed by atoms with Crippen LogP contribution in [0.25, 0.3) is 16.2 Å². The highest BCUT2D eigenvalue weighted by Crippen LogP contribution is 2.43. The molecule has 1 aliphatic rings. The highest BCUT2D eigenvalue weighted by atomic mass is 32.1. The minimum Gasteiger partial charge on any atom is -0.508 e. The number of aliphatic hydroxyl groups is 1. The van der Waals surface area contributed by atoms with Crippen molar-refractivity contribution in [2.75, 3.05) is 5.75 Å². The Balaban J connectivity index is 2.16. The number of thiol groups is 1. The molecule has 0 spiro atoms. The molecule has 1 aromatic carbocycles. The predicted molar refractivity (Wildman–Crippen MR) is 105 cm³/mol. The van der Waals surface area contributed by atoms with Gasteiger partial charge in [-0.3, -0.25) is 0 Å². The Bertz CT molecular complexity index is 700. The van der Waals surface area contributed by atoms with Crippen LogP contribution in [0.1, 0.15) is 47.3 Å². The molecule has 0 bridgehead atoms. The number of thiophene rings is 1. The predicted octanol–water partition coefficient (Wildman–Crippen LogP) is 6.08. The van der Waals surface area contributed by atoms with E-state index in [4.69, 9.17) is 0 Å². The third-order valence-electron chi connectivity index (χ3n) is 4.60. The molecule has 0 saturated carbocycles. The molecule has 0 unspecified atom stereocenters. The van der Waals surface area contributed by atoms with Gasteiger partial charge in [0.2, 0.25) is 0 Å². The summed E-state index contributed by atoms with van der Waals surface area (Å²) in [6.45, 7) is 3.87. The van der Waals surface area contributed by atoms with Crippen LogP contribution in [-0.2, 0) is 19.3 Å². The minimum atomic E-state index is 0.221. The van der Waals surface area contributed by atoms with E-state index in [1.54, 1.807) is 0 Å². The fourth-order valence-electron chi connectivity index (χ4n) is 3.49. The van der Waals surface area contributed by atoms with Crippen LogP contribution in [0.4, 0.5) is 0 Å². The number of hydrogen-bond donors (Lipinski definition) is 2. The van der Waals surface area contributed by atoms with Gasteiger partial charge < -0.3 is 5.11 Å². The maximum absolute atomic E-state index is 10.3. The molecule has 122 valence electrons. The van der Waals surface area contributed by atoms with Gasteiger partial charge in [0, 0.05) is 15.3 Å². The van der Waals surface area contributed by atoms with E-state index < -0.39 is 0 Å². The molecule has 1 N–H and O–H groups in total. The average molecular weight is 345 g/mol. The van der Waals surface area contributed by atoms with Crippen molar-refractivity contribution in [2.45, 2.75) is 44.9 Å². The Hall–Kier alpha value is -1.19. The van der Waals surface area contributed by atoms with E-state index in [2.05, 4.69) is 43.5 Å². The van der Waals surface area contributed by atoms with E-state index in [1.807, 2.05) is 11.3 Å². The van der Waals surface area contributed by atoms with Gasteiger partial charge in [-0.15, -0.1) is 11.3 Å². The quantitative estimate of drug-likeness (QED) is 0.509. The molecule has 3 heteroatoms. The Morgan fingerprint density at radius 1 is 1.13 bits per heavy atom. The summed E-state index contributed by atoms with van der Waals surface area (Å²) in [6, 6.07) is 8.51. The molecule has 1 heterocycles. The fourth-order valence-corrected chi connectivity index (χ4v) is 5.21. The second kappa shape index (κ2) is 7.59. The van der Waals surface area contributed by atoms with Crippen LogP contribution in [0.15, 0.2) is 30.8 Å². The third kappa shape index (κ3) is 3.51. The molecule has 0 atom stereocenters. The van der Waals surface area contributed by atoms with Gasteiger partial charge in [-0.25, -0.2) is 0 Å². The van der Waals surface area contributed by atoms with Gasteiger partial charge in [0.1, 0.15) is 5.76 Å². The van der Waals surface area contributed by atoms with Crippen molar-refractivity contribution >= 4 is 29.7 Å². The number of fused-ring (bicyclic) bond motifs is 1. The number of aryl methyl sites for hydroxylation is 2. The summed E-state index contributed by atoms with van der Waals surface area (Å²) in [5, 5.41) is 10.3. The normalized spacial score (nSPS) is 14.8. The van der Waals surface area contributed by atoms with E-state index >= 15 is 0 Å². The highest BCUT2D eigenvalue weighted by molar-refractivity contribution is 7.80. The first kappa shape index (κ1) is 16.7. The van der Waals surface area contributed by atoms with Crippen molar-refractivity contribution in [2.24, 2.45) is 0 Å². The van der Waals surface area contributed by atoms with Crippen LogP contribution in [0, 0.1) is 0 Å². The summed E-state index contributed by atoms with van der Waals surface area (Å²) in [5.41, 5.74) is 4.89. The SMILES string of the molecule is C=C(O)c1c(-c2ccccc2CCS)sc2c1CCCCCC2. The standard InChI is InChI=1S/C20H24OS2/c1-14(21)19-17-10-4-2-3-5-11-18(17)23-20(19)16-9-7-6-8-15(16)12-13-22/h6-9,21-22H,1-5,10-13H2. The molecule has 1 nitrogen and oxygen atoms in total. The van der Waals surface area contributed by atoms with Gasteiger partial charge in [-0.1, -0.05) is 43.7 Å². The molecule has 0 saturated heterocycles. The van der Waals surface area contributed by atoms with Gasteiger partial charge in [0.25, 0.3) is 0 Å². The number of hydrogen-bond acceptors (Lipinski definition) is 3. The van der Waals surface area contributed by atoms with E-state index in [0.717, 1.165) is 30.6 Å². The van der Waals surface area contributed by atoms with Crippen molar-refractivity contribution in [3.63, 3.8) is 0 Å². The van der Waals surface area contributed by atoms with E-state index in [0.29, 0.717) is 0 Å². The number of rotatable bonds is 4. The van der Waals surface area contributed by atoms with Crippen molar-refractivity contribution < 1.29 is 5.11 Å².